The molecule has 8 nitrogen and oxygen atoms in total. The van der Waals surface area contributed by atoms with Crippen molar-refractivity contribution in [3.63, 3.8) is 0 Å². The van der Waals surface area contributed by atoms with E-state index in [1.165, 1.54) is 4.57 Å². The molecule has 1 aliphatic rings. The first kappa shape index (κ1) is 21.5. The number of aryl methyl sites for hydroxylation is 1. The van der Waals surface area contributed by atoms with Gasteiger partial charge < -0.3 is 14.8 Å². The maximum absolute atomic E-state index is 13.4. The normalized spacial score (nSPS) is 12.1. The van der Waals surface area contributed by atoms with E-state index < -0.39 is 11.2 Å². The van der Waals surface area contributed by atoms with Gasteiger partial charge in [0.2, 0.25) is 12.7 Å². The van der Waals surface area contributed by atoms with Crippen LogP contribution in [-0.4, -0.2) is 21.8 Å². The standard InChI is InChI=1S/C26H23N3O5/c1-2-18-7-3-5-9-20(18)27-24(30)15-28-21-10-6-4-8-19(21)25(31)29(26(28)32)14-17-11-12-22-23(13-17)34-16-33-22/h3-13H,2,14-16H2,1H3,(H,27,30). The van der Waals surface area contributed by atoms with Gasteiger partial charge in [0.25, 0.3) is 5.56 Å². The van der Waals surface area contributed by atoms with Crippen molar-refractivity contribution in [3.05, 3.63) is 98.7 Å². The van der Waals surface area contributed by atoms with Crippen LogP contribution < -0.4 is 26.0 Å². The van der Waals surface area contributed by atoms with Gasteiger partial charge in [0, 0.05) is 5.69 Å². The number of nitrogens with one attached hydrogen (secondary N) is 1. The Hall–Kier alpha value is -4.33. The van der Waals surface area contributed by atoms with Crippen molar-refractivity contribution in [2.45, 2.75) is 26.4 Å². The van der Waals surface area contributed by atoms with Crippen LogP contribution in [0.4, 0.5) is 5.69 Å². The number of rotatable bonds is 6. The first-order valence-corrected chi connectivity index (χ1v) is 11.0. The van der Waals surface area contributed by atoms with Crippen molar-refractivity contribution in [2.24, 2.45) is 0 Å². The average Bonchev–Trinajstić information content (AvgIpc) is 3.33. The Bertz CT molecular complexity index is 1520. The summed E-state index contributed by atoms with van der Waals surface area (Å²) in [4.78, 5) is 39.6. The highest BCUT2D eigenvalue weighted by Crippen LogP contribution is 2.32. The number of anilines is 1. The van der Waals surface area contributed by atoms with E-state index in [4.69, 9.17) is 9.47 Å². The van der Waals surface area contributed by atoms with Crippen molar-refractivity contribution in [1.82, 2.24) is 9.13 Å². The smallest absolute Gasteiger partial charge is 0.332 e. The molecule has 0 spiro atoms. The fourth-order valence-electron chi connectivity index (χ4n) is 4.17. The zero-order valence-corrected chi connectivity index (χ0v) is 18.6. The topological polar surface area (TPSA) is 91.6 Å². The number of carbonyl (C=O) groups excluding carboxylic acids is 1. The summed E-state index contributed by atoms with van der Waals surface area (Å²) in [6, 6.07) is 19.6. The van der Waals surface area contributed by atoms with Crippen LogP contribution in [-0.2, 0) is 24.3 Å². The van der Waals surface area contributed by atoms with Crippen LogP contribution in [0, 0.1) is 0 Å². The molecular formula is C26H23N3O5. The minimum Gasteiger partial charge on any atom is -0.454 e. The van der Waals surface area contributed by atoms with Crippen LogP contribution in [0.25, 0.3) is 10.9 Å². The highest BCUT2D eigenvalue weighted by Gasteiger charge is 2.18. The number of ether oxygens (including phenoxy) is 2. The first-order valence-electron chi connectivity index (χ1n) is 11.0. The molecule has 8 heteroatoms. The van der Waals surface area contributed by atoms with Gasteiger partial charge in [0.1, 0.15) is 6.54 Å². The number of hydrogen-bond acceptors (Lipinski definition) is 5. The summed E-state index contributed by atoms with van der Waals surface area (Å²) in [6.07, 6.45) is 0.764. The second kappa shape index (κ2) is 8.90. The van der Waals surface area contributed by atoms with Gasteiger partial charge in [-0.15, -0.1) is 0 Å². The highest BCUT2D eigenvalue weighted by atomic mass is 16.7. The Kier molecular flexibility index (Phi) is 5.63. The van der Waals surface area contributed by atoms with Gasteiger partial charge in [-0.05, 0) is 47.9 Å². The molecule has 172 valence electrons. The van der Waals surface area contributed by atoms with Crippen molar-refractivity contribution in [2.75, 3.05) is 12.1 Å². The van der Waals surface area contributed by atoms with E-state index in [0.29, 0.717) is 33.7 Å². The van der Waals surface area contributed by atoms with Gasteiger partial charge in [0.15, 0.2) is 11.5 Å². The molecule has 1 amide bonds. The third-order valence-electron chi connectivity index (χ3n) is 5.88. The zero-order chi connectivity index (χ0) is 23.7. The van der Waals surface area contributed by atoms with Crippen LogP contribution in [0.15, 0.2) is 76.3 Å². The molecule has 0 bridgehead atoms. The molecule has 4 aromatic rings. The van der Waals surface area contributed by atoms with Crippen molar-refractivity contribution in [1.29, 1.82) is 0 Å². The molecule has 0 atom stereocenters. The Morgan fingerprint density at radius 3 is 2.56 bits per heavy atom. The van der Waals surface area contributed by atoms with Crippen molar-refractivity contribution >= 4 is 22.5 Å². The number of fused-ring (bicyclic) bond motifs is 2. The van der Waals surface area contributed by atoms with Crippen LogP contribution in [0.3, 0.4) is 0 Å². The number of aromatic nitrogens is 2. The largest absolute Gasteiger partial charge is 0.454 e. The second-order valence-corrected chi connectivity index (χ2v) is 8.02. The summed E-state index contributed by atoms with van der Waals surface area (Å²) >= 11 is 0. The Labute approximate surface area is 195 Å². The van der Waals surface area contributed by atoms with E-state index in [1.54, 1.807) is 42.5 Å². The molecule has 2 heterocycles. The number of nitrogens with zero attached hydrogens (tertiary/aromatic N) is 2. The lowest BCUT2D eigenvalue weighted by Gasteiger charge is -2.15. The monoisotopic (exact) mass is 457 g/mol. The third kappa shape index (κ3) is 3.94. The molecule has 1 aromatic heterocycles. The minimum atomic E-state index is -0.555. The number of hydrogen-bond donors (Lipinski definition) is 1. The Morgan fingerprint density at radius 1 is 0.941 bits per heavy atom. The summed E-state index contributed by atoms with van der Waals surface area (Å²) in [5, 5.41) is 3.26. The molecule has 0 saturated carbocycles. The SMILES string of the molecule is CCc1ccccc1NC(=O)Cn1c(=O)n(Cc2ccc3c(c2)OCO3)c(=O)c2ccccc21. The molecule has 1 N–H and O–H groups in total. The van der Waals surface area contributed by atoms with Gasteiger partial charge >= 0.3 is 5.69 Å². The molecule has 0 unspecified atom stereocenters. The van der Waals surface area contributed by atoms with E-state index in [2.05, 4.69) is 5.32 Å². The number of amides is 1. The van der Waals surface area contributed by atoms with E-state index in [9.17, 15) is 14.4 Å². The molecule has 0 saturated heterocycles. The van der Waals surface area contributed by atoms with E-state index in [1.807, 2.05) is 31.2 Å². The van der Waals surface area contributed by atoms with Crippen molar-refractivity contribution in [3.8, 4) is 11.5 Å². The van der Waals surface area contributed by atoms with Gasteiger partial charge in [-0.1, -0.05) is 43.3 Å². The maximum Gasteiger partial charge on any atom is 0.332 e. The molecule has 34 heavy (non-hydrogen) atoms. The quantitative estimate of drug-likeness (QED) is 0.480. The van der Waals surface area contributed by atoms with Gasteiger partial charge in [-0.2, -0.15) is 0 Å². The predicted octanol–water partition coefficient (Wildman–Crippen LogP) is 3.14. The minimum absolute atomic E-state index is 0.0411. The van der Waals surface area contributed by atoms with Crippen molar-refractivity contribution < 1.29 is 14.3 Å². The van der Waals surface area contributed by atoms with Gasteiger partial charge in [-0.3, -0.25) is 18.7 Å². The first-order chi connectivity index (χ1) is 16.5. The molecule has 0 fully saturated rings. The lowest BCUT2D eigenvalue weighted by Crippen LogP contribution is -2.42. The zero-order valence-electron chi connectivity index (χ0n) is 18.6. The third-order valence-corrected chi connectivity index (χ3v) is 5.88. The predicted molar refractivity (Wildman–Crippen MR) is 129 cm³/mol. The summed E-state index contributed by atoms with van der Waals surface area (Å²) in [5.74, 6) is 0.845. The van der Waals surface area contributed by atoms with E-state index in [-0.39, 0.29) is 25.8 Å². The van der Waals surface area contributed by atoms with Gasteiger partial charge in [0.05, 0.1) is 17.4 Å². The number of para-hydroxylation sites is 2. The molecule has 5 rings (SSSR count). The summed E-state index contributed by atoms with van der Waals surface area (Å²) in [5.41, 5.74) is 1.87. The van der Waals surface area contributed by atoms with Crippen LogP contribution in [0.1, 0.15) is 18.1 Å². The fraction of sp³-hybridized carbons (Fsp3) is 0.192. The Balaban J connectivity index is 1.53. The van der Waals surface area contributed by atoms with Crippen LogP contribution in [0.5, 0.6) is 11.5 Å². The maximum atomic E-state index is 13.4. The second-order valence-electron chi connectivity index (χ2n) is 8.02. The number of benzene rings is 3. The lowest BCUT2D eigenvalue weighted by molar-refractivity contribution is -0.116. The van der Waals surface area contributed by atoms with Gasteiger partial charge in [-0.25, -0.2) is 4.79 Å². The summed E-state index contributed by atoms with van der Waals surface area (Å²) < 4.78 is 13.2. The molecule has 3 aromatic carbocycles. The average molecular weight is 457 g/mol. The van der Waals surface area contributed by atoms with E-state index >= 15 is 0 Å². The van der Waals surface area contributed by atoms with E-state index in [0.717, 1.165) is 16.6 Å². The molecule has 0 aliphatic carbocycles. The highest BCUT2D eigenvalue weighted by molar-refractivity contribution is 5.92. The van der Waals surface area contributed by atoms with Crippen LogP contribution in [0.2, 0.25) is 0 Å². The molecule has 0 radical (unpaired) electrons. The fourth-order valence-corrected chi connectivity index (χ4v) is 4.17. The van der Waals surface area contributed by atoms with Crippen LogP contribution >= 0.6 is 0 Å². The molecule has 1 aliphatic heterocycles. The summed E-state index contributed by atoms with van der Waals surface area (Å²) in [7, 11) is 0. The Morgan fingerprint density at radius 2 is 1.71 bits per heavy atom. The lowest BCUT2D eigenvalue weighted by atomic mass is 10.1. The summed E-state index contributed by atoms with van der Waals surface area (Å²) in [6.45, 7) is 1.96. The molecular weight excluding hydrogens is 434 g/mol. The number of carbonyl (C=O) groups is 1.